The summed E-state index contributed by atoms with van der Waals surface area (Å²) in [5, 5.41) is 4.94. The monoisotopic (exact) mass is 513 g/mol. The first-order valence-electron chi connectivity index (χ1n) is 10.3. The molecule has 34 heavy (non-hydrogen) atoms. The van der Waals surface area contributed by atoms with Crippen LogP contribution in [-0.4, -0.2) is 74.8 Å². The van der Waals surface area contributed by atoms with Gasteiger partial charge in [-0.1, -0.05) is 11.8 Å². The van der Waals surface area contributed by atoms with Crippen molar-refractivity contribution in [2.45, 2.75) is 29.3 Å². The van der Waals surface area contributed by atoms with E-state index in [-0.39, 0.29) is 24.4 Å². The Labute approximate surface area is 202 Å². The highest BCUT2D eigenvalue weighted by Crippen LogP contribution is 2.31. The van der Waals surface area contributed by atoms with Crippen LogP contribution in [0.2, 0.25) is 0 Å². The molecule has 1 unspecified atom stereocenters. The van der Waals surface area contributed by atoms with Gasteiger partial charge in [-0.2, -0.15) is 22.7 Å². The Bertz CT molecular complexity index is 1160. The highest BCUT2D eigenvalue weighted by atomic mass is 32.2. The number of amides is 1. The van der Waals surface area contributed by atoms with Gasteiger partial charge in [0.2, 0.25) is 16.9 Å². The molecule has 2 aromatic heterocycles. The number of benzene rings is 1. The maximum Gasteiger partial charge on any atom is 0.416 e. The van der Waals surface area contributed by atoms with Crippen molar-refractivity contribution in [2.24, 2.45) is 0 Å². The molecule has 4 rings (SSSR count). The maximum absolute atomic E-state index is 12.7. The zero-order chi connectivity index (χ0) is 24.3. The Morgan fingerprint density at radius 2 is 2.03 bits per heavy atom. The number of aromatic nitrogens is 4. The molecule has 182 valence electrons. The summed E-state index contributed by atoms with van der Waals surface area (Å²) < 4.78 is 51.3. The van der Waals surface area contributed by atoms with Gasteiger partial charge in [0.25, 0.3) is 5.78 Å². The molecule has 0 N–H and O–H groups in total. The molecule has 0 saturated carbocycles. The molecule has 0 radical (unpaired) electrons. The summed E-state index contributed by atoms with van der Waals surface area (Å²) in [6, 6.07) is 6.55. The van der Waals surface area contributed by atoms with Gasteiger partial charge in [-0.05, 0) is 37.4 Å². The smallest absolute Gasteiger partial charge is 0.416 e. The summed E-state index contributed by atoms with van der Waals surface area (Å²) in [6.07, 6.45) is -2.84. The van der Waals surface area contributed by atoms with E-state index in [0.717, 1.165) is 17.8 Å². The van der Waals surface area contributed by atoms with Crippen LogP contribution < -0.4 is 4.74 Å². The summed E-state index contributed by atoms with van der Waals surface area (Å²) in [5.74, 6) is 0.946. The minimum absolute atomic E-state index is 0.110. The van der Waals surface area contributed by atoms with Crippen molar-refractivity contribution in [2.75, 3.05) is 38.3 Å². The minimum Gasteiger partial charge on any atom is -0.475 e. The Morgan fingerprint density at radius 1 is 1.26 bits per heavy atom. The lowest BCUT2D eigenvalue weighted by Crippen LogP contribution is -2.48. The third-order valence-corrected chi connectivity index (χ3v) is 6.56. The number of thioether (sulfide) groups is 2. The van der Waals surface area contributed by atoms with E-state index in [4.69, 9.17) is 9.47 Å². The number of carbonyl (C=O) groups excluding carboxylic acids is 1. The minimum atomic E-state index is -4.38. The summed E-state index contributed by atoms with van der Waals surface area (Å²) >= 11 is 2.61. The second kappa shape index (κ2) is 10.4. The number of carbonyl (C=O) groups is 1. The number of aryl methyl sites for hydroxylation is 1. The lowest BCUT2D eigenvalue weighted by atomic mass is 10.2. The molecule has 1 aromatic carbocycles. The van der Waals surface area contributed by atoms with Crippen molar-refractivity contribution in [1.29, 1.82) is 0 Å². The molecule has 1 aliphatic rings. The second-order valence-electron chi connectivity index (χ2n) is 7.50. The Kier molecular flexibility index (Phi) is 7.53. The lowest BCUT2D eigenvalue weighted by molar-refractivity contribution is -0.138. The molecule has 0 spiro atoms. The topological polar surface area (TPSA) is 81.9 Å². The first kappa shape index (κ1) is 24.6. The molecule has 3 aromatic rings. The van der Waals surface area contributed by atoms with Crippen molar-refractivity contribution in [1.82, 2.24) is 24.5 Å². The summed E-state index contributed by atoms with van der Waals surface area (Å²) in [5.41, 5.74) is 0.0284. The molecule has 8 nitrogen and oxygen atoms in total. The van der Waals surface area contributed by atoms with Crippen molar-refractivity contribution in [3.8, 4) is 5.88 Å². The van der Waals surface area contributed by atoms with Crippen LogP contribution in [0.3, 0.4) is 0 Å². The van der Waals surface area contributed by atoms with Crippen LogP contribution in [0.5, 0.6) is 5.88 Å². The van der Waals surface area contributed by atoms with Gasteiger partial charge < -0.3 is 14.4 Å². The van der Waals surface area contributed by atoms with E-state index in [1.165, 1.54) is 40.2 Å². The molecule has 1 fully saturated rings. The van der Waals surface area contributed by atoms with Crippen LogP contribution in [-0.2, 0) is 15.7 Å². The number of morpholine rings is 1. The fraction of sp³-hybridized carbons (Fsp3) is 0.429. The van der Waals surface area contributed by atoms with Gasteiger partial charge in [0.1, 0.15) is 12.7 Å². The van der Waals surface area contributed by atoms with Crippen LogP contribution in [0.25, 0.3) is 5.78 Å². The summed E-state index contributed by atoms with van der Waals surface area (Å²) in [7, 11) is 0. The van der Waals surface area contributed by atoms with Gasteiger partial charge in [-0.3, -0.25) is 4.79 Å². The number of rotatable bonds is 7. The Hall–Kier alpha value is -2.51. The number of nitrogens with zero attached hydrogens (tertiary/aromatic N) is 5. The number of hydrogen-bond donors (Lipinski definition) is 0. The molecular formula is C21H22F3N5O3S2. The number of alkyl halides is 3. The van der Waals surface area contributed by atoms with Gasteiger partial charge >= 0.3 is 6.18 Å². The average Bonchev–Trinajstić information content (AvgIpc) is 3.24. The van der Waals surface area contributed by atoms with E-state index in [2.05, 4.69) is 15.1 Å². The Balaban J connectivity index is 1.31. The number of fused-ring (bicyclic) bond motifs is 1. The largest absolute Gasteiger partial charge is 0.475 e. The van der Waals surface area contributed by atoms with Crippen LogP contribution in [0, 0.1) is 6.92 Å². The zero-order valence-electron chi connectivity index (χ0n) is 18.4. The van der Waals surface area contributed by atoms with E-state index in [9.17, 15) is 18.0 Å². The van der Waals surface area contributed by atoms with Gasteiger partial charge in [-0.15, -0.1) is 16.9 Å². The van der Waals surface area contributed by atoms with Gasteiger partial charge in [0, 0.05) is 23.2 Å². The van der Waals surface area contributed by atoms with E-state index in [1.54, 1.807) is 11.0 Å². The lowest BCUT2D eigenvalue weighted by Gasteiger charge is -2.32. The number of ether oxygens (including phenoxy) is 2. The van der Waals surface area contributed by atoms with Crippen molar-refractivity contribution in [3.63, 3.8) is 0 Å². The molecule has 1 atom stereocenters. The molecular weight excluding hydrogens is 491 g/mol. The maximum atomic E-state index is 12.7. The van der Waals surface area contributed by atoms with E-state index in [1.807, 2.05) is 13.2 Å². The molecule has 1 aliphatic heterocycles. The van der Waals surface area contributed by atoms with Crippen molar-refractivity contribution < 1.29 is 27.4 Å². The Morgan fingerprint density at radius 3 is 2.74 bits per heavy atom. The third-order valence-electron chi connectivity index (χ3n) is 5.02. The SMILES string of the molecule is CSc1nc2nc(C)cc(OCC3CN(C(=O)CSc4ccc(C(F)(F)F)cc4)CCO3)n2n1. The first-order chi connectivity index (χ1) is 16.2. The quantitative estimate of drug-likeness (QED) is 0.444. The average molecular weight is 514 g/mol. The summed E-state index contributed by atoms with van der Waals surface area (Å²) in [4.78, 5) is 23.6. The second-order valence-corrected chi connectivity index (χ2v) is 9.32. The van der Waals surface area contributed by atoms with Crippen LogP contribution in [0.4, 0.5) is 13.2 Å². The van der Waals surface area contributed by atoms with Crippen molar-refractivity contribution in [3.05, 3.63) is 41.6 Å². The fourth-order valence-electron chi connectivity index (χ4n) is 3.33. The van der Waals surface area contributed by atoms with Crippen LogP contribution in [0.1, 0.15) is 11.3 Å². The zero-order valence-corrected chi connectivity index (χ0v) is 20.0. The van der Waals surface area contributed by atoms with Gasteiger partial charge in [0.05, 0.1) is 24.5 Å². The third kappa shape index (κ3) is 5.94. The van der Waals surface area contributed by atoms with Gasteiger partial charge in [-0.25, -0.2) is 4.98 Å². The van der Waals surface area contributed by atoms with Gasteiger partial charge in [0.15, 0.2) is 0 Å². The normalized spacial score (nSPS) is 16.7. The van der Waals surface area contributed by atoms with Crippen LogP contribution in [0.15, 0.2) is 40.4 Å². The molecule has 3 heterocycles. The highest BCUT2D eigenvalue weighted by Gasteiger charge is 2.30. The number of halogens is 3. The first-order valence-corrected chi connectivity index (χ1v) is 12.5. The predicted octanol–water partition coefficient (Wildman–Crippen LogP) is 3.57. The van der Waals surface area contributed by atoms with E-state index in [0.29, 0.717) is 41.4 Å². The molecule has 0 bridgehead atoms. The van der Waals surface area contributed by atoms with E-state index < -0.39 is 11.7 Å². The molecule has 13 heteroatoms. The highest BCUT2D eigenvalue weighted by molar-refractivity contribution is 8.00. The predicted molar refractivity (Wildman–Crippen MR) is 121 cm³/mol. The molecule has 1 saturated heterocycles. The molecule has 0 aliphatic carbocycles. The summed E-state index contributed by atoms with van der Waals surface area (Å²) in [6.45, 7) is 3.22. The molecule has 1 amide bonds. The van der Waals surface area contributed by atoms with E-state index >= 15 is 0 Å². The van der Waals surface area contributed by atoms with Crippen molar-refractivity contribution >= 4 is 35.2 Å². The van der Waals surface area contributed by atoms with Crippen LogP contribution >= 0.6 is 23.5 Å². The number of hydrogen-bond acceptors (Lipinski definition) is 8. The fourth-order valence-corrected chi connectivity index (χ4v) is 4.46. The standard InChI is InChI=1S/C21H22F3N5O3S2/c1-13-9-18(29-19(25-13)26-20(27-29)33-2)32-11-15-10-28(7-8-31-15)17(30)12-34-16-5-3-14(4-6-16)21(22,23)24/h3-6,9,15H,7-8,10-12H2,1-2H3.